The van der Waals surface area contributed by atoms with Crippen molar-refractivity contribution >= 4 is 35.8 Å². The van der Waals surface area contributed by atoms with E-state index >= 15 is 0 Å². The number of hydrogen-bond acceptors (Lipinski definition) is 4. The molecule has 28 heavy (non-hydrogen) atoms. The van der Waals surface area contributed by atoms with Gasteiger partial charge in [-0.1, -0.05) is 26.2 Å². The first-order valence-electron chi connectivity index (χ1n) is 9.80. The zero-order valence-corrected chi connectivity index (χ0v) is 20.1. The van der Waals surface area contributed by atoms with Crippen LogP contribution in [0, 0.1) is 0 Å². The lowest BCUT2D eigenvalue weighted by Crippen LogP contribution is -2.47. The fraction of sp³-hybridized carbons (Fsp3) is 0.737. The van der Waals surface area contributed by atoms with Gasteiger partial charge in [-0.15, -0.1) is 24.0 Å². The van der Waals surface area contributed by atoms with Crippen molar-refractivity contribution in [1.29, 1.82) is 0 Å². The summed E-state index contributed by atoms with van der Waals surface area (Å²) in [6, 6.07) is 0.404. The minimum Gasteiger partial charge on any atom is -0.481 e. The van der Waals surface area contributed by atoms with Crippen molar-refractivity contribution in [2.24, 2.45) is 12.0 Å². The van der Waals surface area contributed by atoms with Crippen LogP contribution >= 0.6 is 24.0 Å². The molecule has 1 saturated carbocycles. The third kappa shape index (κ3) is 6.82. The Labute approximate surface area is 185 Å². The summed E-state index contributed by atoms with van der Waals surface area (Å²) >= 11 is 0. The number of carbonyl (C=O) groups is 1. The van der Waals surface area contributed by atoms with Crippen LogP contribution in [0.3, 0.4) is 0 Å². The van der Waals surface area contributed by atoms with Crippen molar-refractivity contribution < 1.29 is 9.53 Å². The van der Waals surface area contributed by atoms with Crippen molar-refractivity contribution in [1.82, 2.24) is 25.3 Å². The lowest BCUT2D eigenvalue weighted by atomic mass is 9.96. The SMILES string of the molecule is CCc1nn(C)c(OC)c1CN=C(NCC(=O)N(C)C)NC1CCCCC1.I. The van der Waals surface area contributed by atoms with E-state index in [1.54, 1.807) is 30.8 Å². The molecule has 1 aromatic rings. The van der Waals surface area contributed by atoms with E-state index in [2.05, 4.69) is 22.7 Å². The Morgan fingerprint density at radius 1 is 1.32 bits per heavy atom. The second-order valence-electron chi connectivity index (χ2n) is 7.20. The van der Waals surface area contributed by atoms with Gasteiger partial charge in [0.15, 0.2) is 5.96 Å². The smallest absolute Gasteiger partial charge is 0.241 e. The first kappa shape index (κ1) is 24.5. The Morgan fingerprint density at radius 2 is 2.00 bits per heavy atom. The number of methoxy groups -OCH3 is 1. The molecule has 0 unspecified atom stereocenters. The van der Waals surface area contributed by atoms with Crippen LogP contribution in [-0.4, -0.2) is 60.3 Å². The van der Waals surface area contributed by atoms with Gasteiger partial charge in [-0.25, -0.2) is 9.67 Å². The van der Waals surface area contributed by atoms with E-state index in [0.29, 0.717) is 18.5 Å². The van der Waals surface area contributed by atoms with Crippen molar-refractivity contribution in [3.8, 4) is 5.88 Å². The number of ether oxygens (including phenoxy) is 1. The number of guanidine groups is 1. The molecule has 0 radical (unpaired) electrons. The van der Waals surface area contributed by atoms with Gasteiger partial charge in [0, 0.05) is 27.2 Å². The predicted molar refractivity (Wildman–Crippen MR) is 122 cm³/mol. The molecule has 0 aromatic carbocycles. The number of aryl methyl sites for hydroxylation is 2. The van der Waals surface area contributed by atoms with Crippen molar-refractivity contribution in [3.05, 3.63) is 11.3 Å². The molecule has 0 atom stereocenters. The van der Waals surface area contributed by atoms with E-state index in [4.69, 9.17) is 9.73 Å². The molecule has 1 aliphatic carbocycles. The monoisotopic (exact) mass is 506 g/mol. The molecule has 0 saturated heterocycles. The molecule has 1 aliphatic rings. The molecule has 0 bridgehead atoms. The minimum absolute atomic E-state index is 0. The molecule has 1 amide bonds. The highest BCUT2D eigenvalue weighted by atomic mass is 127. The quantitative estimate of drug-likeness (QED) is 0.336. The van der Waals surface area contributed by atoms with Crippen LogP contribution in [0.5, 0.6) is 5.88 Å². The lowest BCUT2D eigenvalue weighted by molar-refractivity contribution is -0.127. The van der Waals surface area contributed by atoms with Gasteiger partial charge in [0.05, 0.1) is 31.5 Å². The second-order valence-corrected chi connectivity index (χ2v) is 7.20. The first-order valence-corrected chi connectivity index (χ1v) is 9.80. The molecule has 0 spiro atoms. The normalized spacial score (nSPS) is 15.0. The minimum atomic E-state index is 0. The third-order valence-electron chi connectivity index (χ3n) is 4.95. The van der Waals surface area contributed by atoms with E-state index in [-0.39, 0.29) is 36.4 Å². The van der Waals surface area contributed by atoms with Crippen molar-refractivity contribution in [2.45, 2.75) is 58.0 Å². The molecule has 2 rings (SSSR count). The summed E-state index contributed by atoms with van der Waals surface area (Å²) in [5.41, 5.74) is 1.98. The van der Waals surface area contributed by atoms with Gasteiger partial charge in [0.1, 0.15) is 0 Å². The predicted octanol–water partition coefficient (Wildman–Crippen LogP) is 2.07. The van der Waals surface area contributed by atoms with Crippen LogP contribution in [-0.2, 0) is 24.8 Å². The van der Waals surface area contributed by atoms with E-state index in [1.165, 1.54) is 19.3 Å². The highest BCUT2D eigenvalue weighted by Gasteiger charge is 2.18. The Bertz CT molecular complexity index is 653. The van der Waals surface area contributed by atoms with Crippen LogP contribution in [0.15, 0.2) is 4.99 Å². The highest BCUT2D eigenvalue weighted by Crippen LogP contribution is 2.23. The molecule has 9 heteroatoms. The van der Waals surface area contributed by atoms with E-state index in [9.17, 15) is 4.79 Å². The summed E-state index contributed by atoms with van der Waals surface area (Å²) in [7, 11) is 7.03. The van der Waals surface area contributed by atoms with Gasteiger partial charge >= 0.3 is 0 Å². The molecule has 2 N–H and O–H groups in total. The van der Waals surface area contributed by atoms with Crippen LogP contribution in [0.4, 0.5) is 0 Å². The summed E-state index contributed by atoms with van der Waals surface area (Å²) in [6.45, 7) is 2.75. The number of amides is 1. The number of nitrogens with zero attached hydrogens (tertiary/aromatic N) is 4. The van der Waals surface area contributed by atoms with Gasteiger partial charge in [0.2, 0.25) is 11.8 Å². The maximum absolute atomic E-state index is 12.0. The number of aliphatic imine (C=N–C) groups is 1. The number of hydrogen-bond donors (Lipinski definition) is 2. The van der Waals surface area contributed by atoms with Gasteiger partial charge < -0.3 is 20.3 Å². The first-order chi connectivity index (χ1) is 13.0. The Kier molecular flexibility index (Phi) is 10.6. The molecule has 1 aromatic heterocycles. The Morgan fingerprint density at radius 3 is 2.57 bits per heavy atom. The maximum atomic E-state index is 12.0. The average molecular weight is 506 g/mol. The number of halogens is 1. The number of nitrogens with one attached hydrogen (secondary N) is 2. The highest BCUT2D eigenvalue weighted by molar-refractivity contribution is 14.0. The fourth-order valence-electron chi connectivity index (χ4n) is 3.37. The van der Waals surface area contributed by atoms with E-state index in [0.717, 1.165) is 36.4 Å². The summed E-state index contributed by atoms with van der Waals surface area (Å²) in [6.07, 6.45) is 6.86. The van der Waals surface area contributed by atoms with Crippen LogP contribution in [0.25, 0.3) is 0 Å². The molecular formula is C19H35IN6O2. The fourth-order valence-corrected chi connectivity index (χ4v) is 3.37. The Hall–Kier alpha value is -1.52. The number of aromatic nitrogens is 2. The summed E-state index contributed by atoms with van der Waals surface area (Å²) < 4.78 is 7.25. The molecule has 1 fully saturated rings. The van der Waals surface area contributed by atoms with Gasteiger partial charge in [-0.3, -0.25) is 4.79 Å². The number of likely N-dealkylation sites (N-methyl/N-ethyl adjacent to an activating group) is 1. The lowest BCUT2D eigenvalue weighted by Gasteiger charge is -2.25. The van der Waals surface area contributed by atoms with Crippen LogP contribution < -0.4 is 15.4 Å². The van der Waals surface area contributed by atoms with E-state index in [1.807, 2.05) is 7.05 Å². The van der Waals surface area contributed by atoms with Gasteiger partial charge in [-0.05, 0) is 19.3 Å². The van der Waals surface area contributed by atoms with E-state index < -0.39 is 0 Å². The van der Waals surface area contributed by atoms with Crippen molar-refractivity contribution in [2.75, 3.05) is 27.7 Å². The summed E-state index contributed by atoms with van der Waals surface area (Å²) in [5.74, 6) is 1.42. The maximum Gasteiger partial charge on any atom is 0.241 e. The molecule has 1 heterocycles. The van der Waals surface area contributed by atoms with Crippen LogP contribution in [0.2, 0.25) is 0 Å². The second kappa shape index (κ2) is 12.1. The molecular weight excluding hydrogens is 471 g/mol. The summed E-state index contributed by atoms with van der Waals surface area (Å²) in [4.78, 5) is 18.3. The molecule has 0 aliphatic heterocycles. The summed E-state index contributed by atoms with van der Waals surface area (Å²) in [5, 5.41) is 11.2. The topological polar surface area (TPSA) is 83.8 Å². The Balaban J connectivity index is 0.00000392. The van der Waals surface area contributed by atoms with Gasteiger partial charge in [0.25, 0.3) is 0 Å². The zero-order chi connectivity index (χ0) is 19.8. The largest absolute Gasteiger partial charge is 0.481 e. The molecule has 160 valence electrons. The van der Waals surface area contributed by atoms with Crippen molar-refractivity contribution in [3.63, 3.8) is 0 Å². The average Bonchev–Trinajstić information content (AvgIpc) is 2.98. The standard InChI is InChI=1S/C19H34N6O2.HI/c1-6-16-15(18(27-5)25(4)23-16)12-20-19(21-13-17(26)24(2)3)22-14-10-8-7-9-11-14;/h14H,6-13H2,1-5H3,(H2,20,21,22);1H. The number of carbonyl (C=O) groups excluding carboxylic acids is 1. The van der Waals surface area contributed by atoms with Gasteiger partial charge in [-0.2, -0.15) is 5.10 Å². The van der Waals surface area contributed by atoms with Crippen LogP contribution in [0.1, 0.15) is 50.3 Å². The molecule has 8 nitrogen and oxygen atoms in total. The third-order valence-corrected chi connectivity index (χ3v) is 4.95. The zero-order valence-electron chi connectivity index (χ0n) is 17.7. The number of rotatable bonds is 7.